The average molecular weight is 206 g/mol. The molecule has 0 unspecified atom stereocenters. The Bertz CT molecular complexity index is 227. The Morgan fingerprint density at radius 1 is 0.867 bits per heavy atom. The Labute approximate surface area is 95.8 Å². The molecule has 0 saturated carbocycles. The highest BCUT2D eigenvalue weighted by atomic mass is 14.0. The standard InChI is InChI=1S/C15H26/c1-6-9-13(4)11-15(8-3)12-14(5)10-7-2/h8,11-12H,6-7,9-10H2,1-5H3/b13-11-,14-12-. The van der Waals surface area contributed by atoms with Crippen molar-refractivity contribution in [2.45, 2.75) is 60.3 Å². The lowest BCUT2D eigenvalue weighted by molar-refractivity contribution is 0.899. The van der Waals surface area contributed by atoms with E-state index in [0.29, 0.717) is 0 Å². The average Bonchev–Trinajstić information content (AvgIpc) is 2.17. The molecule has 0 saturated heterocycles. The van der Waals surface area contributed by atoms with Gasteiger partial charge in [0.1, 0.15) is 0 Å². The first-order valence-corrected chi connectivity index (χ1v) is 6.14. The first-order chi connectivity index (χ1) is 7.13. The highest BCUT2D eigenvalue weighted by Crippen LogP contribution is 2.13. The summed E-state index contributed by atoms with van der Waals surface area (Å²) in [6, 6.07) is 0. The largest absolute Gasteiger partial charge is 0.0804 e. The highest BCUT2D eigenvalue weighted by Gasteiger charge is 1.92. The summed E-state index contributed by atoms with van der Waals surface area (Å²) in [7, 11) is 0. The van der Waals surface area contributed by atoms with Crippen molar-refractivity contribution < 1.29 is 0 Å². The van der Waals surface area contributed by atoms with E-state index in [1.165, 1.54) is 42.4 Å². The van der Waals surface area contributed by atoms with Crippen LogP contribution in [0.5, 0.6) is 0 Å². The molecule has 0 aliphatic carbocycles. The molecule has 0 spiro atoms. The van der Waals surface area contributed by atoms with Crippen molar-refractivity contribution >= 4 is 0 Å². The van der Waals surface area contributed by atoms with Gasteiger partial charge in [-0.3, -0.25) is 0 Å². The van der Waals surface area contributed by atoms with E-state index in [-0.39, 0.29) is 0 Å². The van der Waals surface area contributed by atoms with Crippen molar-refractivity contribution in [3.63, 3.8) is 0 Å². The Morgan fingerprint density at radius 2 is 1.27 bits per heavy atom. The molecule has 0 aromatic rings. The topological polar surface area (TPSA) is 0 Å². The third kappa shape index (κ3) is 7.18. The Kier molecular flexibility index (Phi) is 8.08. The van der Waals surface area contributed by atoms with Gasteiger partial charge in [0.05, 0.1) is 0 Å². The van der Waals surface area contributed by atoms with E-state index in [2.05, 4.69) is 52.8 Å². The van der Waals surface area contributed by atoms with Crippen molar-refractivity contribution in [3.05, 3.63) is 34.9 Å². The molecule has 0 aliphatic heterocycles. The fraction of sp³-hybridized carbons (Fsp3) is 0.600. The number of hydrogen-bond acceptors (Lipinski definition) is 0. The lowest BCUT2D eigenvalue weighted by Gasteiger charge is -2.02. The minimum Gasteiger partial charge on any atom is -0.0804 e. The van der Waals surface area contributed by atoms with Crippen molar-refractivity contribution in [3.8, 4) is 0 Å². The molecule has 0 heteroatoms. The maximum atomic E-state index is 2.31. The third-order valence-corrected chi connectivity index (χ3v) is 2.45. The first-order valence-electron chi connectivity index (χ1n) is 6.14. The fourth-order valence-corrected chi connectivity index (χ4v) is 1.71. The van der Waals surface area contributed by atoms with Crippen LogP contribution in [0, 0.1) is 0 Å². The van der Waals surface area contributed by atoms with E-state index in [9.17, 15) is 0 Å². The van der Waals surface area contributed by atoms with E-state index in [0.717, 1.165) is 0 Å². The zero-order chi connectivity index (χ0) is 11.7. The Balaban J connectivity index is 4.52. The zero-order valence-electron chi connectivity index (χ0n) is 11.1. The number of rotatable bonds is 6. The maximum Gasteiger partial charge on any atom is -0.0301 e. The molecule has 86 valence electrons. The molecule has 0 aliphatic rings. The molecule has 15 heavy (non-hydrogen) atoms. The lowest BCUT2D eigenvalue weighted by atomic mass is 10.0. The van der Waals surface area contributed by atoms with Crippen LogP contribution in [0.25, 0.3) is 0 Å². The highest BCUT2D eigenvalue weighted by molar-refractivity contribution is 5.34. The fourth-order valence-electron chi connectivity index (χ4n) is 1.71. The van der Waals surface area contributed by atoms with Gasteiger partial charge < -0.3 is 0 Å². The first kappa shape index (κ1) is 14.2. The van der Waals surface area contributed by atoms with Crippen LogP contribution in [0.3, 0.4) is 0 Å². The summed E-state index contributed by atoms with van der Waals surface area (Å²) in [6.45, 7) is 11.0. The van der Waals surface area contributed by atoms with E-state index in [4.69, 9.17) is 0 Å². The van der Waals surface area contributed by atoms with Crippen LogP contribution in [0.15, 0.2) is 34.9 Å². The number of hydrogen-bond donors (Lipinski definition) is 0. The summed E-state index contributed by atoms with van der Waals surface area (Å²) >= 11 is 0. The van der Waals surface area contributed by atoms with Crippen molar-refractivity contribution in [2.24, 2.45) is 0 Å². The van der Waals surface area contributed by atoms with Gasteiger partial charge >= 0.3 is 0 Å². The van der Waals surface area contributed by atoms with Gasteiger partial charge in [0.15, 0.2) is 0 Å². The van der Waals surface area contributed by atoms with Gasteiger partial charge in [0, 0.05) is 0 Å². The molecule has 0 atom stereocenters. The molecule has 0 bridgehead atoms. The van der Waals surface area contributed by atoms with E-state index < -0.39 is 0 Å². The van der Waals surface area contributed by atoms with E-state index in [1.54, 1.807) is 0 Å². The van der Waals surface area contributed by atoms with E-state index >= 15 is 0 Å². The van der Waals surface area contributed by atoms with E-state index in [1.807, 2.05) is 0 Å². The third-order valence-electron chi connectivity index (χ3n) is 2.45. The quantitative estimate of drug-likeness (QED) is 0.509. The molecule has 0 aromatic carbocycles. The van der Waals surface area contributed by atoms with Gasteiger partial charge in [0.25, 0.3) is 0 Å². The molecular formula is C15H26. The van der Waals surface area contributed by atoms with Crippen LogP contribution in [0.1, 0.15) is 60.3 Å². The molecule has 0 amide bonds. The number of allylic oxidation sites excluding steroid dienone is 6. The smallest absolute Gasteiger partial charge is 0.0301 e. The minimum absolute atomic E-state index is 1.21. The molecule has 0 rings (SSSR count). The summed E-state index contributed by atoms with van der Waals surface area (Å²) < 4.78 is 0. The Hall–Kier alpha value is -0.780. The molecular weight excluding hydrogens is 180 g/mol. The molecule has 0 aromatic heterocycles. The zero-order valence-corrected chi connectivity index (χ0v) is 11.1. The molecule has 0 fully saturated rings. The molecule has 0 heterocycles. The van der Waals surface area contributed by atoms with Gasteiger partial charge in [-0.2, -0.15) is 0 Å². The predicted octanol–water partition coefficient (Wildman–Crippen LogP) is 5.43. The second kappa shape index (κ2) is 8.52. The summed E-state index contributed by atoms with van der Waals surface area (Å²) in [5.74, 6) is 0. The molecule has 0 radical (unpaired) electrons. The SMILES string of the molecule is CC=C(/C=C(/C)CCC)/C=C(/C)CCC. The summed E-state index contributed by atoms with van der Waals surface area (Å²) in [6.07, 6.45) is 11.7. The molecule has 0 nitrogen and oxygen atoms in total. The van der Waals surface area contributed by atoms with Crippen LogP contribution < -0.4 is 0 Å². The van der Waals surface area contributed by atoms with Crippen LogP contribution in [-0.4, -0.2) is 0 Å². The predicted molar refractivity (Wildman–Crippen MR) is 71.1 cm³/mol. The van der Waals surface area contributed by atoms with Crippen LogP contribution in [0.4, 0.5) is 0 Å². The summed E-state index contributed by atoms with van der Waals surface area (Å²) in [5, 5.41) is 0. The van der Waals surface area contributed by atoms with Crippen LogP contribution in [0.2, 0.25) is 0 Å². The van der Waals surface area contributed by atoms with Gasteiger partial charge in [-0.15, -0.1) is 0 Å². The van der Waals surface area contributed by atoms with Gasteiger partial charge in [0.2, 0.25) is 0 Å². The van der Waals surface area contributed by atoms with Crippen molar-refractivity contribution in [1.82, 2.24) is 0 Å². The van der Waals surface area contributed by atoms with Crippen LogP contribution >= 0.6 is 0 Å². The second-order valence-electron chi connectivity index (χ2n) is 4.27. The van der Waals surface area contributed by atoms with Gasteiger partial charge in [-0.05, 0) is 39.2 Å². The summed E-state index contributed by atoms with van der Waals surface area (Å²) in [5.41, 5.74) is 4.31. The monoisotopic (exact) mass is 206 g/mol. The minimum atomic E-state index is 1.21. The normalized spacial score (nSPS) is 12.9. The van der Waals surface area contributed by atoms with Crippen LogP contribution in [-0.2, 0) is 0 Å². The van der Waals surface area contributed by atoms with Gasteiger partial charge in [-0.1, -0.05) is 56.1 Å². The maximum absolute atomic E-state index is 2.31. The Morgan fingerprint density at radius 3 is 1.53 bits per heavy atom. The van der Waals surface area contributed by atoms with Gasteiger partial charge in [-0.25, -0.2) is 0 Å². The lowest BCUT2D eigenvalue weighted by Crippen LogP contribution is -1.81. The summed E-state index contributed by atoms with van der Waals surface area (Å²) in [4.78, 5) is 0. The second-order valence-corrected chi connectivity index (χ2v) is 4.27. The van der Waals surface area contributed by atoms with Crippen molar-refractivity contribution in [1.29, 1.82) is 0 Å². The molecule has 0 N–H and O–H groups in total. The van der Waals surface area contributed by atoms with Crippen molar-refractivity contribution in [2.75, 3.05) is 0 Å².